The topological polar surface area (TPSA) is 34.0 Å². The number of aromatic nitrogens is 1. The van der Waals surface area contributed by atoms with E-state index in [2.05, 4.69) is 31.3 Å². The predicted molar refractivity (Wildman–Crippen MR) is 77.5 cm³/mol. The SMILES string of the molecule is CCn1cc(NC(C)c2ccc(C)s2)ccc1=O. The van der Waals surface area contributed by atoms with Gasteiger partial charge in [-0.15, -0.1) is 11.3 Å². The van der Waals surface area contributed by atoms with Crippen LogP contribution < -0.4 is 10.9 Å². The molecule has 1 atom stereocenters. The van der Waals surface area contributed by atoms with Crippen LogP contribution in [0.5, 0.6) is 0 Å². The van der Waals surface area contributed by atoms with Crippen LogP contribution >= 0.6 is 11.3 Å². The number of rotatable bonds is 4. The maximum absolute atomic E-state index is 11.5. The maximum Gasteiger partial charge on any atom is 0.250 e. The highest BCUT2D eigenvalue weighted by molar-refractivity contribution is 7.12. The Morgan fingerprint density at radius 2 is 2.11 bits per heavy atom. The van der Waals surface area contributed by atoms with Crippen molar-refractivity contribution in [2.75, 3.05) is 5.32 Å². The molecule has 2 aromatic rings. The first-order valence-corrected chi connectivity index (χ1v) is 6.95. The van der Waals surface area contributed by atoms with E-state index >= 15 is 0 Å². The molecule has 1 N–H and O–H groups in total. The van der Waals surface area contributed by atoms with E-state index in [9.17, 15) is 4.79 Å². The minimum Gasteiger partial charge on any atom is -0.377 e. The number of thiophene rings is 1. The predicted octanol–water partition coefficient (Wildman–Crippen LogP) is 3.41. The monoisotopic (exact) mass is 262 g/mol. The van der Waals surface area contributed by atoms with Crippen molar-refractivity contribution in [1.82, 2.24) is 4.57 Å². The van der Waals surface area contributed by atoms with Gasteiger partial charge in [-0.2, -0.15) is 0 Å². The lowest BCUT2D eigenvalue weighted by molar-refractivity contribution is 0.726. The lowest BCUT2D eigenvalue weighted by atomic mass is 10.2. The second-order valence-corrected chi connectivity index (χ2v) is 5.68. The van der Waals surface area contributed by atoms with Crippen LogP contribution in [0.3, 0.4) is 0 Å². The Morgan fingerprint density at radius 1 is 1.33 bits per heavy atom. The first kappa shape index (κ1) is 12.9. The van der Waals surface area contributed by atoms with Gasteiger partial charge in [0, 0.05) is 28.6 Å². The second-order valence-electron chi connectivity index (χ2n) is 4.36. The van der Waals surface area contributed by atoms with Gasteiger partial charge in [-0.25, -0.2) is 0 Å². The first-order valence-electron chi connectivity index (χ1n) is 6.13. The number of nitrogens with zero attached hydrogens (tertiary/aromatic N) is 1. The summed E-state index contributed by atoms with van der Waals surface area (Å²) < 4.78 is 1.70. The molecule has 18 heavy (non-hydrogen) atoms. The van der Waals surface area contributed by atoms with Crippen molar-refractivity contribution in [1.29, 1.82) is 0 Å². The summed E-state index contributed by atoms with van der Waals surface area (Å²) in [6, 6.07) is 7.98. The highest BCUT2D eigenvalue weighted by Crippen LogP contribution is 2.25. The van der Waals surface area contributed by atoms with Crippen molar-refractivity contribution in [3.8, 4) is 0 Å². The summed E-state index contributed by atoms with van der Waals surface area (Å²) in [5, 5.41) is 3.42. The number of nitrogens with one attached hydrogen (secondary N) is 1. The average Bonchev–Trinajstić information content (AvgIpc) is 2.78. The van der Waals surface area contributed by atoms with Gasteiger partial charge >= 0.3 is 0 Å². The fourth-order valence-electron chi connectivity index (χ4n) is 1.87. The molecule has 0 saturated carbocycles. The summed E-state index contributed by atoms with van der Waals surface area (Å²) in [6.45, 7) is 6.91. The Kier molecular flexibility index (Phi) is 3.87. The first-order chi connectivity index (χ1) is 8.60. The molecule has 0 saturated heterocycles. The second kappa shape index (κ2) is 5.40. The summed E-state index contributed by atoms with van der Waals surface area (Å²) in [5.41, 5.74) is 1.03. The van der Waals surface area contributed by atoms with E-state index in [1.54, 1.807) is 22.0 Å². The molecule has 0 aliphatic heterocycles. The fourth-order valence-corrected chi connectivity index (χ4v) is 2.75. The minimum atomic E-state index is 0.0441. The van der Waals surface area contributed by atoms with Gasteiger partial charge in [0.05, 0.1) is 11.7 Å². The van der Waals surface area contributed by atoms with Crippen molar-refractivity contribution in [3.05, 3.63) is 50.6 Å². The largest absolute Gasteiger partial charge is 0.377 e. The summed E-state index contributed by atoms with van der Waals surface area (Å²) in [7, 11) is 0. The summed E-state index contributed by atoms with van der Waals surface area (Å²) in [5.74, 6) is 0. The van der Waals surface area contributed by atoms with Crippen LogP contribution in [0, 0.1) is 6.92 Å². The van der Waals surface area contributed by atoms with Crippen molar-refractivity contribution in [2.45, 2.75) is 33.4 Å². The van der Waals surface area contributed by atoms with Crippen molar-refractivity contribution < 1.29 is 0 Å². The molecule has 0 amide bonds. The normalized spacial score (nSPS) is 12.4. The van der Waals surface area contributed by atoms with Crippen molar-refractivity contribution in [3.63, 3.8) is 0 Å². The number of anilines is 1. The third-order valence-electron chi connectivity index (χ3n) is 2.90. The van der Waals surface area contributed by atoms with Gasteiger partial charge in [0.1, 0.15) is 0 Å². The highest BCUT2D eigenvalue weighted by Gasteiger charge is 2.07. The fraction of sp³-hybridized carbons (Fsp3) is 0.357. The van der Waals surface area contributed by atoms with E-state index in [0.29, 0.717) is 6.54 Å². The number of aryl methyl sites for hydroxylation is 2. The summed E-state index contributed by atoms with van der Waals surface area (Å²) in [6.07, 6.45) is 1.87. The van der Waals surface area contributed by atoms with Crippen LogP contribution in [-0.2, 0) is 6.54 Å². The van der Waals surface area contributed by atoms with Gasteiger partial charge in [-0.3, -0.25) is 4.79 Å². The Bertz CT molecular complexity index is 585. The smallest absolute Gasteiger partial charge is 0.250 e. The molecule has 2 heterocycles. The molecule has 4 heteroatoms. The zero-order valence-corrected chi connectivity index (χ0v) is 11.8. The molecule has 0 aliphatic rings. The molecule has 0 fully saturated rings. The highest BCUT2D eigenvalue weighted by atomic mass is 32.1. The van der Waals surface area contributed by atoms with E-state index in [1.165, 1.54) is 9.75 Å². The van der Waals surface area contributed by atoms with Gasteiger partial charge in [-0.05, 0) is 39.0 Å². The van der Waals surface area contributed by atoms with E-state index in [1.807, 2.05) is 19.2 Å². The molecule has 2 aromatic heterocycles. The Hall–Kier alpha value is -1.55. The van der Waals surface area contributed by atoms with Gasteiger partial charge in [0.25, 0.3) is 5.56 Å². The van der Waals surface area contributed by atoms with Crippen LogP contribution in [0.15, 0.2) is 35.3 Å². The van der Waals surface area contributed by atoms with Crippen LogP contribution in [-0.4, -0.2) is 4.57 Å². The lowest BCUT2D eigenvalue weighted by Gasteiger charge is -2.14. The number of hydrogen-bond acceptors (Lipinski definition) is 3. The molecular formula is C14H18N2OS. The molecule has 0 aromatic carbocycles. The number of hydrogen-bond donors (Lipinski definition) is 1. The Balaban J connectivity index is 2.16. The molecule has 1 unspecified atom stereocenters. The summed E-state index contributed by atoms with van der Waals surface area (Å²) >= 11 is 1.80. The van der Waals surface area contributed by atoms with Gasteiger partial charge in [-0.1, -0.05) is 0 Å². The zero-order valence-electron chi connectivity index (χ0n) is 10.9. The van der Waals surface area contributed by atoms with Gasteiger partial charge in [0.15, 0.2) is 0 Å². The van der Waals surface area contributed by atoms with Crippen LogP contribution in [0.1, 0.15) is 29.6 Å². The third kappa shape index (κ3) is 2.82. The molecular weight excluding hydrogens is 244 g/mol. The molecule has 96 valence electrons. The molecule has 0 aliphatic carbocycles. The molecule has 0 spiro atoms. The molecule has 3 nitrogen and oxygen atoms in total. The third-order valence-corrected chi connectivity index (χ3v) is 4.08. The van der Waals surface area contributed by atoms with E-state index in [0.717, 1.165) is 5.69 Å². The van der Waals surface area contributed by atoms with Crippen LogP contribution in [0.2, 0.25) is 0 Å². The van der Waals surface area contributed by atoms with E-state index in [-0.39, 0.29) is 11.6 Å². The zero-order chi connectivity index (χ0) is 13.1. The van der Waals surface area contributed by atoms with E-state index < -0.39 is 0 Å². The Labute approximate surface area is 111 Å². The van der Waals surface area contributed by atoms with Gasteiger partial charge < -0.3 is 9.88 Å². The maximum atomic E-state index is 11.5. The summed E-state index contributed by atoms with van der Waals surface area (Å²) in [4.78, 5) is 14.1. The number of pyridine rings is 1. The lowest BCUT2D eigenvalue weighted by Crippen LogP contribution is -2.18. The minimum absolute atomic E-state index is 0.0441. The molecule has 2 rings (SSSR count). The quantitative estimate of drug-likeness (QED) is 0.916. The Morgan fingerprint density at radius 3 is 2.72 bits per heavy atom. The van der Waals surface area contributed by atoms with Crippen molar-refractivity contribution in [2.24, 2.45) is 0 Å². The van der Waals surface area contributed by atoms with Crippen molar-refractivity contribution >= 4 is 17.0 Å². The van der Waals surface area contributed by atoms with Gasteiger partial charge in [0.2, 0.25) is 0 Å². The molecule has 0 radical (unpaired) electrons. The average molecular weight is 262 g/mol. The standard InChI is InChI=1S/C14H18N2OS/c1-4-16-9-12(6-8-14(16)17)15-11(3)13-7-5-10(2)18-13/h5-9,11,15H,4H2,1-3H3. The van der Waals surface area contributed by atoms with Crippen LogP contribution in [0.25, 0.3) is 0 Å². The van der Waals surface area contributed by atoms with E-state index in [4.69, 9.17) is 0 Å². The molecule has 0 bridgehead atoms. The van der Waals surface area contributed by atoms with Crippen LogP contribution in [0.4, 0.5) is 5.69 Å².